The van der Waals surface area contributed by atoms with Crippen molar-refractivity contribution < 1.29 is 14.6 Å². The zero-order chi connectivity index (χ0) is 20.4. The summed E-state index contributed by atoms with van der Waals surface area (Å²) >= 11 is 6.05. The second kappa shape index (κ2) is 8.02. The van der Waals surface area contributed by atoms with E-state index in [9.17, 15) is 9.90 Å². The molecule has 0 aliphatic carbocycles. The number of hydrogen-bond acceptors (Lipinski definition) is 7. The molecule has 0 radical (unpaired) electrons. The van der Waals surface area contributed by atoms with E-state index in [-0.39, 0.29) is 18.6 Å². The Labute approximate surface area is 171 Å². The van der Waals surface area contributed by atoms with Gasteiger partial charge >= 0.3 is 0 Å². The zero-order valence-corrected chi connectivity index (χ0v) is 16.1. The topological polar surface area (TPSA) is 100 Å². The first-order valence-electron chi connectivity index (χ1n) is 8.92. The Hall–Kier alpha value is -3.23. The van der Waals surface area contributed by atoms with Crippen LogP contribution in [0.1, 0.15) is 5.56 Å². The molecule has 29 heavy (non-hydrogen) atoms. The minimum absolute atomic E-state index is 0.110. The minimum Gasteiger partial charge on any atom is -0.471 e. The number of amides is 1. The van der Waals surface area contributed by atoms with Crippen LogP contribution in [0, 0.1) is 0 Å². The largest absolute Gasteiger partial charge is 0.471 e. The van der Waals surface area contributed by atoms with E-state index in [2.05, 4.69) is 26.8 Å². The van der Waals surface area contributed by atoms with Crippen molar-refractivity contribution in [3.8, 4) is 5.88 Å². The molecule has 8 nitrogen and oxygen atoms in total. The summed E-state index contributed by atoms with van der Waals surface area (Å²) in [4.78, 5) is 26.0. The van der Waals surface area contributed by atoms with E-state index in [1.807, 2.05) is 0 Å². The van der Waals surface area contributed by atoms with E-state index < -0.39 is 0 Å². The van der Waals surface area contributed by atoms with Gasteiger partial charge in [0.05, 0.1) is 31.4 Å². The fourth-order valence-electron chi connectivity index (χ4n) is 3.01. The number of rotatable bonds is 6. The quantitative estimate of drug-likeness (QED) is 0.601. The Morgan fingerprint density at radius 2 is 2.17 bits per heavy atom. The summed E-state index contributed by atoms with van der Waals surface area (Å²) in [5.74, 6) is 0.894. The highest BCUT2D eigenvalue weighted by atomic mass is 35.5. The molecule has 9 heteroatoms. The highest BCUT2D eigenvalue weighted by Gasteiger charge is 2.31. The highest BCUT2D eigenvalue weighted by Crippen LogP contribution is 2.28. The molecule has 1 aliphatic heterocycles. The van der Waals surface area contributed by atoms with Crippen LogP contribution in [0.2, 0.25) is 5.02 Å². The number of halogens is 1. The normalized spacial score (nSPS) is 13.8. The Morgan fingerprint density at radius 1 is 1.34 bits per heavy atom. The number of fused-ring (bicyclic) bond motifs is 1. The van der Waals surface area contributed by atoms with Gasteiger partial charge in [-0.3, -0.25) is 4.79 Å². The second-order valence-electron chi connectivity index (χ2n) is 6.54. The summed E-state index contributed by atoms with van der Waals surface area (Å²) in [5.41, 5.74) is 2.00. The van der Waals surface area contributed by atoms with Crippen LogP contribution in [-0.4, -0.2) is 50.1 Å². The van der Waals surface area contributed by atoms with Gasteiger partial charge in [0.25, 0.3) is 0 Å². The molecular weight excluding hydrogens is 394 g/mol. The third-order valence-electron chi connectivity index (χ3n) is 4.60. The number of benzene rings is 1. The molecular formula is C20H18ClN5O3. The summed E-state index contributed by atoms with van der Waals surface area (Å²) in [6.07, 6.45) is 4.23. The maximum absolute atomic E-state index is 11.5. The predicted molar refractivity (Wildman–Crippen MR) is 109 cm³/mol. The summed E-state index contributed by atoms with van der Waals surface area (Å²) in [6.45, 7) is 4.31. The Balaban J connectivity index is 1.55. The van der Waals surface area contributed by atoms with E-state index in [1.165, 1.54) is 12.4 Å². The summed E-state index contributed by atoms with van der Waals surface area (Å²) in [6, 6.07) is 7.03. The molecule has 4 rings (SSSR count). The van der Waals surface area contributed by atoms with Crippen LogP contribution in [0.25, 0.3) is 10.9 Å². The maximum atomic E-state index is 11.5. The van der Waals surface area contributed by atoms with Crippen LogP contribution in [-0.2, 0) is 11.4 Å². The van der Waals surface area contributed by atoms with E-state index in [4.69, 9.17) is 16.3 Å². The first kappa shape index (κ1) is 19.1. The van der Waals surface area contributed by atoms with Crippen molar-refractivity contribution >= 4 is 39.9 Å². The number of nitrogens with zero attached hydrogens (tertiary/aromatic N) is 4. The smallest absolute Gasteiger partial charge is 0.246 e. The average Bonchev–Trinajstić information content (AvgIpc) is 2.71. The minimum atomic E-state index is -0.159. The van der Waals surface area contributed by atoms with Crippen LogP contribution in [0.3, 0.4) is 0 Å². The number of aliphatic hydroxyl groups is 1. The Kier molecular flexibility index (Phi) is 5.28. The van der Waals surface area contributed by atoms with Crippen molar-refractivity contribution in [1.29, 1.82) is 0 Å². The summed E-state index contributed by atoms with van der Waals surface area (Å²) in [5, 5.41) is 13.9. The Bertz CT molecular complexity index is 1080. The van der Waals surface area contributed by atoms with E-state index in [1.54, 1.807) is 35.4 Å². The van der Waals surface area contributed by atoms with E-state index in [0.29, 0.717) is 40.9 Å². The van der Waals surface area contributed by atoms with Gasteiger partial charge in [0.15, 0.2) is 0 Å². The predicted octanol–water partition coefficient (Wildman–Crippen LogP) is 2.69. The maximum Gasteiger partial charge on any atom is 0.246 e. The van der Waals surface area contributed by atoms with Crippen molar-refractivity contribution in [1.82, 2.24) is 19.9 Å². The Morgan fingerprint density at radius 3 is 2.93 bits per heavy atom. The monoisotopic (exact) mass is 411 g/mol. The first-order valence-corrected chi connectivity index (χ1v) is 9.30. The highest BCUT2D eigenvalue weighted by molar-refractivity contribution is 6.31. The second-order valence-corrected chi connectivity index (χ2v) is 6.95. The van der Waals surface area contributed by atoms with Crippen molar-refractivity contribution in [2.24, 2.45) is 0 Å². The fraction of sp³-hybridized carbons (Fsp3) is 0.200. The van der Waals surface area contributed by atoms with Gasteiger partial charge < -0.3 is 20.1 Å². The summed E-state index contributed by atoms with van der Waals surface area (Å²) < 4.78 is 5.87. The number of hydrogen-bond donors (Lipinski definition) is 2. The molecule has 0 atom stereocenters. The lowest BCUT2D eigenvalue weighted by atomic mass is 10.1. The summed E-state index contributed by atoms with van der Waals surface area (Å²) in [7, 11) is 0. The molecule has 1 fully saturated rings. The number of aliphatic hydroxyl groups excluding tert-OH is 1. The van der Waals surface area contributed by atoms with Crippen LogP contribution in [0.4, 0.5) is 11.5 Å². The molecule has 2 N–H and O–H groups in total. The molecule has 148 valence electrons. The first-order chi connectivity index (χ1) is 14.1. The molecule has 0 unspecified atom stereocenters. The molecule has 0 saturated carbocycles. The molecule has 3 aromatic rings. The number of nitrogens with one attached hydrogen (secondary N) is 1. The molecule has 1 aromatic carbocycles. The lowest BCUT2D eigenvalue weighted by Crippen LogP contribution is -2.55. The number of aromatic nitrogens is 3. The van der Waals surface area contributed by atoms with Gasteiger partial charge in [-0.1, -0.05) is 18.2 Å². The lowest BCUT2D eigenvalue weighted by molar-refractivity contribution is -0.134. The van der Waals surface area contributed by atoms with Gasteiger partial charge in [0.1, 0.15) is 18.2 Å². The molecule has 3 heterocycles. The van der Waals surface area contributed by atoms with Gasteiger partial charge in [-0.05, 0) is 29.8 Å². The van der Waals surface area contributed by atoms with Crippen LogP contribution in [0.5, 0.6) is 5.88 Å². The van der Waals surface area contributed by atoms with Crippen LogP contribution < -0.4 is 10.1 Å². The number of carbonyl (C=O) groups excluding carboxylic acids is 1. The number of carbonyl (C=O) groups is 1. The van der Waals surface area contributed by atoms with Gasteiger partial charge in [-0.2, -0.15) is 0 Å². The van der Waals surface area contributed by atoms with Crippen LogP contribution >= 0.6 is 11.6 Å². The average molecular weight is 412 g/mol. The van der Waals surface area contributed by atoms with Gasteiger partial charge in [0.2, 0.25) is 11.8 Å². The standard InChI is InChI=1S/C20H18ClN5O3/c1-2-19(28)26-8-14(9-26)29-18-6-15-17(7-22-18)23-11-24-20(15)25-13-3-4-16(21)12(5-13)10-27/h2-7,11,14,27H,1,8-10H2,(H,23,24,25). The van der Waals surface area contributed by atoms with Crippen LogP contribution in [0.15, 0.2) is 49.4 Å². The van der Waals surface area contributed by atoms with E-state index >= 15 is 0 Å². The molecule has 1 saturated heterocycles. The van der Waals surface area contributed by atoms with Crippen molar-refractivity contribution in [3.63, 3.8) is 0 Å². The molecule has 1 aliphatic rings. The lowest BCUT2D eigenvalue weighted by Gasteiger charge is -2.37. The van der Waals surface area contributed by atoms with E-state index in [0.717, 1.165) is 11.1 Å². The molecule has 0 bridgehead atoms. The number of ether oxygens (including phenoxy) is 1. The molecule has 2 aromatic heterocycles. The van der Waals surface area contributed by atoms with Crippen molar-refractivity contribution in [2.45, 2.75) is 12.7 Å². The number of anilines is 2. The number of pyridine rings is 1. The van der Waals surface area contributed by atoms with Crippen molar-refractivity contribution in [3.05, 3.63) is 60.0 Å². The third kappa shape index (κ3) is 3.98. The van der Waals surface area contributed by atoms with Gasteiger partial charge in [0, 0.05) is 22.2 Å². The van der Waals surface area contributed by atoms with Gasteiger partial charge in [-0.25, -0.2) is 15.0 Å². The van der Waals surface area contributed by atoms with Gasteiger partial charge in [-0.15, -0.1) is 0 Å². The van der Waals surface area contributed by atoms with Crippen molar-refractivity contribution in [2.75, 3.05) is 18.4 Å². The zero-order valence-electron chi connectivity index (χ0n) is 15.4. The fourth-order valence-corrected chi connectivity index (χ4v) is 3.18. The molecule has 0 spiro atoms. The molecule has 1 amide bonds. The SMILES string of the molecule is C=CC(=O)N1CC(Oc2cc3c(Nc4ccc(Cl)c(CO)c4)ncnc3cn2)C1. The number of likely N-dealkylation sites (tertiary alicyclic amines) is 1. The third-order valence-corrected chi connectivity index (χ3v) is 4.97.